The van der Waals surface area contributed by atoms with Crippen molar-refractivity contribution >= 4 is 0 Å². The van der Waals surface area contributed by atoms with E-state index in [2.05, 4.69) is 0 Å². The van der Waals surface area contributed by atoms with Gasteiger partial charge in [-0.25, -0.2) is 8.78 Å². The van der Waals surface area contributed by atoms with Gasteiger partial charge in [0, 0.05) is 0 Å². The molecule has 1 aliphatic carbocycles. The summed E-state index contributed by atoms with van der Waals surface area (Å²) in [6.45, 7) is 1.98. The molecule has 0 aromatic heterocycles. The molecule has 0 aliphatic heterocycles. The van der Waals surface area contributed by atoms with Crippen molar-refractivity contribution in [1.82, 2.24) is 0 Å². The van der Waals surface area contributed by atoms with Crippen LogP contribution < -0.4 is 0 Å². The summed E-state index contributed by atoms with van der Waals surface area (Å²) < 4.78 is 26.4. The summed E-state index contributed by atoms with van der Waals surface area (Å²) in [5, 5.41) is 0. The fourth-order valence-electron chi connectivity index (χ4n) is 2.52. The summed E-state index contributed by atoms with van der Waals surface area (Å²) in [6, 6.07) is 7.59. The molecule has 0 unspecified atom stereocenters. The lowest BCUT2D eigenvalue weighted by Crippen LogP contribution is -2.31. The van der Waals surface area contributed by atoms with E-state index in [9.17, 15) is 8.78 Å². The van der Waals surface area contributed by atoms with Crippen molar-refractivity contribution in [1.29, 1.82) is 0 Å². The van der Waals surface area contributed by atoms with Crippen LogP contribution in [0.4, 0.5) is 8.78 Å². The first-order chi connectivity index (χ1) is 7.15. The number of rotatable bonds is 2. The van der Waals surface area contributed by atoms with E-state index >= 15 is 0 Å². The lowest BCUT2D eigenvalue weighted by atomic mass is 9.79. The molecule has 2 rings (SSSR count). The Bertz CT molecular complexity index is 321. The van der Waals surface area contributed by atoms with Gasteiger partial charge in [-0.3, -0.25) is 0 Å². The zero-order chi connectivity index (χ0) is 10.9. The largest absolute Gasteiger partial charge is 0.248 e. The molecule has 0 spiro atoms. The summed E-state index contributed by atoms with van der Waals surface area (Å²) in [7, 11) is 0. The van der Waals surface area contributed by atoms with Crippen molar-refractivity contribution in [3.8, 4) is 0 Å². The molecule has 0 bridgehead atoms. The van der Waals surface area contributed by atoms with E-state index in [0.717, 1.165) is 24.0 Å². The minimum absolute atomic E-state index is 0.633. The fourth-order valence-corrected chi connectivity index (χ4v) is 2.52. The molecule has 0 atom stereocenters. The van der Waals surface area contributed by atoms with Crippen molar-refractivity contribution in [2.75, 3.05) is 0 Å². The second kappa shape index (κ2) is 3.92. The maximum atomic E-state index is 13.2. The van der Waals surface area contributed by atoms with Crippen molar-refractivity contribution in [2.45, 2.75) is 44.4 Å². The first kappa shape index (κ1) is 10.6. The molecular weight excluding hydrogens is 194 g/mol. The third-order valence-electron chi connectivity index (χ3n) is 3.54. The molecule has 2 heteroatoms. The van der Waals surface area contributed by atoms with Gasteiger partial charge in [-0.1, -0.05) is 42.7 Å². The molecule has 0 nitrogen and oxygen atoms in total. The SMILES string of the molecule is Cc1ccc(C2(C(F)F)CCCC2)cc1. The number of hydrogen-bond acceptors (Lipinski definition) is 0. The van der Waals surface area contributed by atoms with Gasteiger partial charge in [0.1, 0.15) is 0 Å². The van der Waals surface area contributed by atoms with E-state index in [1.807, 2.05) is 31.2 Å². The molecule has 0 amide bonds. The highest BCUT2D eigenvalue weighted by atomic mass is 19.3. The van der Waals surface area contributed by atoms with Crippen LogP contribution in [0.1, 0.15) is 36.8 Å². The highest BCUT2D eigenvalue weighted by Crippen LogP contribution is 2.45. The van der Waals surface area contributed by atoms with E-state index in [4.69, 9.17) is 0 Å². The maximum absolute atomic E-state index is 13.2. The Labute approximate surface area is 89.3 Å². The lowest BCUT2D eigenvalue weighted by molar-refractivity contribution is 0.0522. The van der Waals surface area contributed by atoms with Crippen molar-refractivity contribution in [3.05, 3.63) is 35.4 Å². The lowest BCUT2D eigenvalue weighted by Gasteiger charge is -2.28. The van der Waals surface area contributed by atoms with Crippen LogP contribution in [-0.4, -0.2) is 6.43 Å². The van der Waals surface area contributed by atoms with Crippen LogP contribution in [0.3, 0.4) is 0 Å². The predicted octanol–water partition coefficient (Wildman–Crippen LogP) is 4.07. The number of halogens is 2. The molecule has 1 saturated carbocycles. The smallest absolute Gasteiger partial charge is 0.210 e. The van der Waals surface area contributed by atoms with Gasteiger partial charge in [0.25, 0.3) is 0 Å². The molecule has 0 saturated heterocycles. The van der Waals surface area contributed by atoms with Crippen LogP contribution in [0.25, 0.3) is 0 Å². The van der Waals surface area contributed by atoms with Crippen LogP contribution in [0.15, 0.2) is 24.3 Å². The van der Waals surface area contributed by atoms with Gasteiger partial charge in [-0.2, -0.15) is 0 Å². The normalized spacial score (nSPS) is 19.7. The second-order valence-corrected chi connectivity index (χ2v) is 4.53. The van der Waals surface area contributed by atoms with Gasteiger partial charge < -0.3 is 0 Å². The number of aryl methyl sites for hydroxylation is 1. The molecule has 82 valence electrons. The van der Waals surface area contributed by atoms with Crippen molar-refractivity contribution < 1.29 is 8.78 Å². The molecule has 1 aromatic rings. The van der Waals surface area contributed by atoms with Gasteiger partial charge in [0.15, 0.2) is 0 Å². The zero-order valence-corrected chi connectivity index (χ0v) is 8.97. The predicted molar refractivity (Wildman–Crippen MR) is 57.3 cm³/mol. The van der Waals surface area contributed by atoms with E-state index in [0.29, 0.717) is 12.8 Å². The third kappa shape index (κ3) is 1.77. The van der Waals surface area contributed by atoms with Gasteiger partial charge in [-0.05, 0) is 25.3 Å². The Kier molecular flexibility index (Phi) is 2.76. The topological polar surface area (TPSA) is 0 Å². The standard InChI is InChI=1S/C13H16F2/c1-10-4-6-11(7-5-10)13(12(14)15)8-2-3-9-13/h4-7,12H,2-3,8-9H2,1H3. The second-order valence-electron chi connectivity index (χ2n) is 4.53. The average molecular weight is 210 g/mol. The van der Waals surface area contributed by atoms with Crippen LogP contribution in [0, 0.1) is 6.92 Å². The Hall–Kier alpha value is -0.920. The van der Waals surface area contributed by atoms with Crippen LogP contribution >= 0.6 is 0 Å². The number of hydrogen-bond donors (Lipinski definition) is 0. The van der Waals surface area contributed by atoms with Gasteiger partial charge in [0.05, 0.1) is 5.41 Å². The number of alkyl halides is 2. The van der Waals surface area contributed by atoms with Crippen LogP contribution in [-0.2, 0) is 5.41 Å². The molecule has 0 N–H and O–H groups in total. The van der Waals surface area contributed by atoms with Crippen molar-refractivity contribution in [2.24, 2.45) is 0 Å². The molecule has 1 aromatic carbocycles. The first-order valence-corrected chi connectivity index (χ1v) is 5.50. The maximum Gasteiger partial charge on any atom is 0.248 e. The number of benzene rings is 1. The summed E-state index contributed by atoms with van der Waals surface area (Å²) in [5.74, 6) is 0. The first-order valence-electron chi connectivity index (χ1n) is 5.50. The summed E-state index contributed by atoms with van der Waals surface area (Å²) in [5.41, 5.74) is 1.09. The molecule has 15 heavy (non-hydrogen) atoms. The molecule has 1 fully saturated rings. The van der Waals surface area contributed by atoms with Crippen molar-refractivity contribution in [3.63, 3.8) is 0 Å². The average Bonchev–Trinajstić information content (AvgIpc) is 2.69. The molecule has 0 radical (unpaired) electrons. The van der Waals surface area contributed by atoms with Crippen LogP contribution in [0.2, 0.25) is 0 Å². The minimum atomic E-state index is -2.23. The highest BCUT2D eigenvalue weighted by molar-refractivity contribution is 5.30. The van der Waals surface area contributed by atoms with E-state index in [1.54, 1.807) is 0 Å². The van der Waals surface area contributed by atoms with Gasteiger partial charge in [0.2, 0.25) is 6.43 Å². The molecule has 1 aliphatic rings. The Morgan fingerprint density at radius 3 is 2.07 bits per heavy atom. The van der Waals surface area contributed by atoms with Crippen LogP contribution in [0.5, 0.6) is 0 Å². The third-order valence-corrected chi connectivity index (χ3v) is 3.54. The Morgan fingerprint density at radius 2 is 1.60 bits per heavy atom. The minimum Gasteiger partial charge on any atom is -0.210 e. The Balaban J connectivity index is 2.36. The summed E-state index contributed by atoms with van der Waals surface area (Å²) in [4.78, 5) is 0. The fraction of sp³-hybridized carbons (Fsp3) is 0.538. The van der Waals surface area contributed by atoms with Gasteiger partial charge in [-0.15, -0.1) is 0 Å². The van der Waals surface area contributed by atoms with E-state index < -0.39 is 11.8 Å². The quantitative estimate of drug-likeness (QED) is 0.690. The molecule has 0 heterocycles. The summed E-state index contributed by atoms with van der Waals surface area (Å²) >= 11 is 0. The zero-order valence-electron chi connectivity index (χ0n) is 8.97. The van der Waals surface area contributed by atoms with E-state index in [1.165, 1.54) is 0 Å². The Morgan fingerprint density at radius 1 is 1.07 bits per heavy atom. The van der Waals surface area contributed by atoms with Gasteiger partial charge >= 0.3 is 0 Å². The highest BCUT2D eigenvalue weighted by Gasteiger charge is 2.43. The summed E-state index contributed by atoms with van der Waals surface area (Å²) in [6.07, 6.45) is 0.889. The monoisotopic (exact) mass is 210 g/mol. The van der Waals surface area contributed by atoms with E-state index in [-0.39, 0.29) is 0 Å². The molecular formula is C13H16F2.